The van der Waals surface area contributed by atoms with Crippen LogP contribution in [0.5, 0.6) is 0 Å². The van der Waals surface area contributed by atoms with Gasteiger partial charge in [0, 0.05) is 20.1 Å². The Labute approximate surface area is 121 Å². The first-order chi connectivity index (χ1) is 9.29. The van der Waals surface area contributed by atoms with Crippen LogP contribution in [0.1, 0.15) is 32.8 Å². The van der Waals surface area contributed by atoms with E-state index in [9.17, 15) is 4.79 Å². The van der Waals surface area contributed by atoms with Crippen LogP contribution in [-0.2, 0) is 10.2 Å². The number of carbonyl (C=O) groups is 1. The molecule has 1 aromatic rings. The van der Waals surface area contributed by atoms with Crippen molar-refractivity contribution in [3.05, 3.63) is 23.8 Å². The number of carboxylic acid groups (broad SMARTS) is 1. The van der Waals surface area contributed by atoms with Gasteiger partial charge < -0.3 is 14.9 Å². The first kappa shape index (κ1) is 14.7. The average molecular weight is 276 g/mol. The highest BCUT2D eigenvalue weighted by Crippen LogP contribution is 2.35. The summed E-state index contributed by atoms with van der Waals surface area (Å²) in [6.07, 6.45) is 0.976. The van der Waals surface area contributed by atoms with Crippen LogP contribution in [0.4, 0.5) is 11.4 Å². The summed E-state index contributed by atoms with van der Waals surface area (Å²) in [6, 6.07) is 6.43. The van der Waals surface area contributed by atoms with E-state index < -0.39 is 5.97 Å². The van der Waals surface area contributed by atoms with E-state index in [0.29, 0.717) is 0 Å². The number of fused-ring (bicyclic) bond motifs is 1. The van der Waals surface area contributed by atoms with Gasteiger partial charge in [0.25, 0.3) is 0 Å². The van der Waals surface area contributed by atoms with Crippen LogP contribution in [0, 0.1) is 0 Å². The quantitative estimate of drug-likeness (QED) is 0.902. The number of nitrogens with zero attached hydrogens (tertiary/aromatic N) is 2. The topological polar surface area (TPSA) is 43.8 Å². The summed E-state index contributed by atoms with van der Waals surface area (Å²) in [4.78, 5) is 15.3. The number of benzene rings is 1. The Morgan fingerprint density at radius 1 is 1.25 bits per heavy atom. The Morgan fingerprint density at radius 3 is 2.55 bits per heavy atom. The Hall–Kier alpha value is -1.71. The predicted octanol–water partition coefficient (Wildman–Crippen LogP) is 2.71. The first-order valence-corrected chi connectivity index (χ1v) is 7.11. The van der Waals surface area contributed by atoms with Gasteiger partial charge in [-0.25, -0.2) is 0 Å². The molecule has 0 unspecified atom stereocenters. The van der Waals surface area contributed by atoms with E-state index in [1.165, 1.54) is 5.56 Å². The molecule has 2 rings (SSSR count). The van der Waals surface area contributed by atoms with Gasteiger partial charge in [-0.3, -0.25) is 4.79 Å². The molecule has 1 N–H and O–H groups in total. The van der Waals surface area contributed by atoms with Crippen LogP contribution in [0.3, 0.4) is 0 Å². The van der Waals surface area contributed by atoms with Crippen LogP contribution in [-0.4, -0.2) is 37.8 Å². The van der Waals surface area contributed by atoms with E-state index in [2.05, 4.69) is 50.9 Å². The Kier molecular flexibility index (Phi) is 3.93. The van der Waals surface area contributed by atoms with Crippen molar-refractivity contribution in [3.8, 4) is 0 Å². The number of rotatable bonds is 2. The van der Waals surface area contributed by atoms with Crippen LogP contribution in [0.2, 0.25) is 0 Å². The first-order valence-electron chi connectivity index (χ1n) is 7.11. The Balaban J connectivity index is 2.48. The van der Waals surface area contributed by atoms with Gasteiger partial charge in [0.1, 0.15) is 6.54 Å². The molecule has 0 saturated carbocycles. The number of anilines is 2. The number of hydrogen-bond donors (Lipinski definition) is 1. The lowest BCUT2D eigenvalue weighted by atomic mass is 9.86. The Bertz CT molecular complexity index is 506. The number of carboxylic acids is 1. The van der Waals surface area contributed by atoms with E-state index in [-0.39, 0.29) is 12.0 Å². The van der Waals surface area contributed by atoms with Gasteiger partial charge in [-0.1, -0.05) is 26.8 Å². The molecule has 4 heteroatoms. The lowest BCUT2D eigenvalue weighted by Crippen LogP contribution is -2.30. The molecule has 0 spiro atoms. The molecule has 1 aromatic carbocycles. The van der Waals surface area contributed by atoms with Crippen molar-refractivity contribution < 1.29 is 9.90 Å². The monoisotopic (exact) mass is 276 g/mol. The van der Waals surface area contributed by atoms with Crippen molar-refractivity contribution in [1.29, 1.82) is 0 Å². The minimum Gasteiger partial charge on any atom is -0.480 e. The molecule has 0 aromatic heterocycles. The maximum absolute atomic E-state index is 11.1. The zero-order chi connectivity index (χ0) is 14.9. The third-order valence-corrected chi connectivity index (χ3v) is 3.84. The zero-order valence-corrected chi connectivity index (χ0v) is 12.8. The molecule has 110 valence electrons. The second-order valence-electron chi connectivity index (χ2n) is 6.54. The summed E-state index contributed by atoms with van der Waals surface area (Å²) >= 11 is 0. The lowest BCUT2D eigenvalue weighted by molar-refractivity contribution is -0.135. The summed E-state index contributed by atoms with van der Waals surface area (Å²) in [5.41, 5.74) is 3.47. The second kappa shape index (κ2) is 5.35. The van der Waals surface area contributed by atoms with Crippen molar-refractivity contribution in [2.24, 2.45) is 0 Å². The van der Waals surface area contributed by atoms with Gasteiger partial charge in [-0.05, 0) is 29.5 Å². The maximum atomic E-state index is 11.1. The molecule has 4 nitrogen and oxygen atoms in total. The van der Waals surface area contributed by atoms with Gasteiger partial charge in [0.2, 0.25) is 0 Å². The number of aliphatic carboxylic acids is 1. The summed E-state index contributed by atoms with van der Waals surface area (Å²) in [7, 11) is 2.07. The van der Waals surface area contributed by atoms with Crippen molar-refractivity contribution in [3.63, 3.8) is 0 Å². The van der Waals surface area contributed by atoms with Crippen molar-refractivity contribution in [2.45, 2.75) is 32.6 Å². The predicted molar refractivity (Wildman–Crippen MR) is 82.9 cm³/mol. The van der Waals surface area contributed by atoms with Gasteiger partial charge in [-0.2, -0.15) is 0 Å². The van der Waals surface area contributed by atoms with E-state index in [1.54, 1.807) is 0 Å². The highest BCUT2D eigenvalue weighted by molar-refractivity contribution is 5.79. The van der Waals surface area contributed by atoms with Gasteiger partial charge >= 0.3 is 5.97 Å². The van der Waals surface area contributed by atoms with Crippen LogP contribution < -0.4 is 9.80 Å². The summed E-state index contributed by atoms with van der Waals surface area (Å²) in [6.45, 7) is 8.34. The SMILES string of the molecule is CN1CCCN(CC(=O)O)c2cc(C(C)(C)C)ccc21. The molecular weight excluding hydrogens is 252 g/mol. The molecule has 1 heterocycles. The molecule has 0 bridgehead atoms. The summed E-state index contributed by atoms with van der Waals surface area (Å²) in [5, 5.41) is 9.12. The zero-order valence-electron chi connectivity index (χ0n) is 12.8. The Morgan fingerprint density at radius 2 is 1.95 bits per heavy atom. The van der Waals surface area contributed by atoms with E-state index in [4.69, 9.17) is 5.11 Å². The van der Waals surface area contributed by atoms with Crippen molar-refractivity contribution >= 4 is 17.3 Å². The molecule has 0 saturated heterocycles. The molecular formula is C16H24N2O2. The molecule has 1 aliphatic rings. The fourth-order valence-corrected chi connectivity index (χ4v) is 2.63. The summed E-state index contributed by atoms with van der Waals surface area (Å²) in [5.74, 6) is -0.776. The minimum absolute atomic E-state index is 0.0639. The maximum Gasteiger partial charge on any atom is 0.323 e. The van der Waals surface area contributed by atoms with Gasteiger partial charge in [0.15, 0.2) is 0 Å². The molecule has 20 heavy (non-hydrogen) atoms. The molecule has 1 aliphatic heterocycles. The van der Waals surface area contributed by atoms with Crippen LogP contribution in [0.15, 0.2) is 18.2 Å². The van der Waals surface area contributed by atoms with Crippen molar-refractivity contribution in [1.82, 2.24) is 0 Å². The normalized spacial score (nSPS) is 15.8. The minimum atomic E-state index is -0.776. The second-order valence-corrected chi connectivity index (χ2v) is 6.54. The highest BCUT2D eigenvalue weighted by atomic mass is 16.4. The van der Waals surface area contributed by atoms with E-state index in [1.807, 2.05) is 4.90 Å². The fourth-order valence-electron chi connectivity index (χ4n) is 2.63. The smallest absolute Gasteiger partial charge is 0.323 e. The van der Waals surface area contributed by atoms with Gasteiger partial charge in [0.05, 0.1) is 11.4 Å². The third-order valence-electron chi connectivity index (χ3n) is 3.84. The molecule has 0 atom stereocenters. The standard InChI is InChI=1S/C16H24N2O2/c1-16(2,3)12-6-7-13-14(10-12)18(11-15(19)20)9-5-8-17(13)4/h6-7,10H,5,8-9,11H2,1-4H3,(H,19,20). The average Bonchev–Trinajstić information content (AvgIpc) is 2.48. The number of hydrogen-bond acceptors (Lipinski definition) is 3. The van der Waals surface area contributed by atoms with Crippen LogP contribution >= 0.6 is 0 Å². The van der Waals surface area contributed by atoms with Crippen LogP contribution in [0.25, 0.3) is 0 Å². The fraction of sp³-hybridized carbons (Fsp3) is 0.562. The lowest BCUT2D eigenvalue weighted by Gasteiger charge is -2.28. The highest BCUT2D eigenvalue weighted by Gasteiger charge is 2.23. The van der Waals surface area contributed by atoms with Gasteiger partial charge in [-0.15, -0.1) is 0 Å². The van der Waals surface area contributed by atoms with E-state index in [0.717, 1.165) is 30.9 Å². The van der Waals surface area contributed by atoms with E-state index >= 15 is 0 Å². The molecule has 0 radical (unpaired) electrons. The molecule has 0 amide bonds. The third kappa shape index (κ3) is 3.06. The van der Waals surface area contributed by atoms with Crippen molar-refractivity contribution in [2.75, 3.05) is 36.5 Å². The molecule has 0 fully saturated rings. The largest absolute Gasteiger partial charge is 0.480 e. The summed E-state index contributed by atoms with van der Waals surface area (Å²) < 4.78 is 0. The molecule has 0 aliphatic carbocycles.